The third-order valence-electron chi connectivity index (χ3n) is 4.63. The highest BCUT2D eigenvalue weighted by Crippen LogP contribution is 2.23. The molecule has 3 aromatic carbocycles. The molecular weight excluding hydrogens is 392 g/mol. The summed E-state index contributed by atoms with van der Waals surface area (Å²) in [5.74, 6) is 1.06. The number of ether oxygens (including phenoxy) is 2. The van der Waals surface area contributed by atoms with Gasteiger partial charge in [0.2, 0.25) is 0 Å². The highest BCUT2D eigenvalue weighted by Gasteiger charge is 2.21. The number of nitrogens with one attached hydrogen (secondary N) is 1. The molecule has 0 aliphatic rings. The number of hydrogen-bond acceptors (Lipinski definition) is 5. The fourth-order valence-electron chi connectivity index (χ4n) is 3.06. The van der Waals surface area contributed by atoms with E-state index in [0.717, 1.165) is 17.0 Å². The molecule has 7 heteroatoms. The maximum atomic E-state index is 12.9. The average molecular weight is 414 g/mol. The van der Waals surface area contributed by atoms with Gasteiger partial charge >= 0.3 is 0 Å². The van der Waals surface area contributed by atoms with Crippen LogP contribution in [0.5, 0.6) is 11.5 Å². The maximum absolute atomic E-state index is 12.9. The van der Waals surface area contributed by atoms with Gasteiger partial charge in [0.05, 0.1) is 12.3 Å². The molecule has 0 bridgehead atoms. The fourth-order valence-corrected chi connectivity index (χ4v) is 3.06. The number of para-hydroxylation sites is 1. The molecule has 4 rings (SSSR count). The van der Waals surface area contributed by atoms with Gasteiger partial charge in [0, 0.05) is 12.8 Å². The summed E-state index contributed by atoms with van der Waals surface area (Å²) in [6.07, 6.45) is 0. The Bertz CT molecular complexity index is 1150. The zero-order valence-corrected chi connectivity index (χ0v) is 17.3. The molecule has 1 amide bonds. The lowest BCUT2D eigenvalue weighted by Gasteiger charge is -2.09. The van der Waals surface area contributed by atoms with Crippen LogP contribution in [-0.4, -0.2) is 28.0 Å². The SMILES string of the molecule is COCc1c(C(=O)Nc2ccc(Oc3ccccc3)cc2)nnn1-c1ccc(C)cc1. The topological polar surface area (TPSA) is 78.3 Å². The second kappa shape index (κ2) is 9.23. The van der Waals surface area contributed by atoms with E-state index < -0.39 is 0 Å². The van der Waals surface area contributed by atoms with Crippen LogP contribution in [0.25, 0.3) is 5.69 Å². The molecule has 4 aromatic rings. The van der Waals surface area contributed by atoms with E-state index in [-0.39, 0.29) is 18.2 Å². The first-order valence-corrected chi connectivity index (χ1v) is 9.79. The molecule has 0 spiro atoms. The molecule has 0 saturated heterocycles. The smallest absolute Gasteiger partial charge is 0.278 e. The summed E-state index contributed by atoms with van der Waals surface area (Å²) in [4.78, 5) is 12.9. The molecule has 156 valence electrons. The number of rotatable bonds is 7. The zero-order valence-electron chi connectivity index (χ0n) is 17.3. The normalized spacial score (nSPS) is 10.6. The summed E-state index contributed by atoms with van der Waals surface area (Å²) in [5.41, 5.74) is 3.36. The van der Waals surface area contributed by atoms with Crippen LogP contribution < -0.4 is 10.1 Å². The Morgan fingerprint density at radius 2 is 1.61 bits per heavy atom. The molecule has 1 heterocycles. The number of carbonyl (C=O) groups excluding carboxylic acids is 1. The van der Waals surface area contributed by atoms with Crippen LogP contribution in [0.1, 0.15) is 21.7 Å². The minimum absolute atomic E-state index is 0.202. The Labute approximate surface area is 180 Å². The van der Waals surface area contributed by atoms with Crippen LogP contribution in [0, 0.1) is 6.92 Å². The van der Waals surface area contributed by atoms with Crippen LogP contribution in [0.15, 0.2) is 78.9 Å². The lowest BCUT2D eigenvalue weighted by atomic mass is 10.2. The van der Waals surface area contributed by atoms with Gasteiger partial charge in [-0.15, -0.1) is 5.10 Å². The van der Waals surface area contributed by atoms with Crippen LogP contribution in [0.2, 0.25) is 0 Å². The molecule has 0 aliphatic carbocycles. The van der Waals surface area contributed by atoms with E-state index in [2.05, 4.69) is 15.6 Å². The fraction of sp³-hybridized carbons (Fsp3) is 0.125. The van der Waals surface area contributed by atoms with Gasteiger partial charge in [-0.2, -0.15) is 0 Å². The van der Waals surface area contributed by atoms with Crippen molar-refractivity contribution < 1.29 is 14.3 Å². The first-order valence-electron chi connectivity index (χ1n) is 9.79. The average Bonchev–Trinajstić information content (AvgIpc) is 3.20. The first kappa shape index (κ1) is 20.3. The molecule has 31 heavy (non-hydrogen) atoms. The van der Waals surface area contributed by atoms with Crippen molar-refractivity contribution in [1.82, 2.24) is 15.0 Å². The summed E-state index contributed by atoms with van der Waals surface area (Å²) in [6.45, 7) is 2.21. The quantitative estimate of drug-likeness (QED) is 0.471. The summed E-state index contributed by atoms with van der Waals surface area (Å²) in [6, 6.07) is 24.5. The van der Waals surface area contributed by atoms with Gasteiger partial charge in [0.15, 0.2) is 5.69 Å². The van der Waals surface area contributed by atoms with Gasteiger partial charge in [0.25, 0.3) is 5.91 Å². The van der Waals surface area contributed by atoms with Gasteiger partial charge < -0.3 is 14.8 Å². The monoisotopic (exact) mass is 414 g/mol. The van der Waals surface area contributed by atoms with E-state index in [1.807, 2.05) is 61.5 Å². The van der Waals surface area contributed by atoms with Gasteiger partial charge in [-0.25, -0.2) is 4.68 Å². The van der Waals surface area contributed by atoms with E-state index in [1.165, 1.54) is 0 Å². The summed E-state index contributed by atoms with van der Waals surface area (Å²) in [5, 5.41) is 11.1. The lowest BCUT2D eigenvalue weighted by molar-refractivity contribution is 0.101. The number of aryl methyl sites for hydroxylation is 1. The van der Waals surface area contributed by atoms with E-state index in [4.69, 9.17) is 9.47 Å². The van der Waals surface area contributed by atoms with Crippen LogP contribution in [0.3, 0.4) is 0 Å². The van der Waals surface area contributed by atoms with Crippen LogP contribution >= 0.6 is 0 Å². The summed E-state index contributed by atoms with van der Waals surface area (Å²) in [7, 11) is 1.57. The van der Waals surface area contributed by atoms with Gasteiger partial charge in [0.1, 0.15) is 17.2 Å². The Balaban J connectivity index is 1.51. The molecule has 1 aromatic heterocycles. The number of carbonyl (C=O) groups is 1. The number of methoxy groups -OCH3 is 1. The van der Waals surface area contributed by atoms with Crippen molar-refractivity contribution in [3.8, 4) is 17.2 Å². The van der Waals surface area contributed by atoms with Crippen LogP contribution in [0.4, 0.5) is 5.69 Å². The van der Waals surface area contributed by atoms with E-state index in [0.29, 0.717) is 17.1 Å². The summed E-state index contributed by atoms with van der Waals surface area (Å²) >= 11 is 0. The Hall–Kier alpha value is -3.97. The van der Waals surface area contributed by atoms with E-state index >= 15 is 0 Å². The zero-order chi connectivity index (χ0) is 21.6. The number of amides is 1. The molecule has 7 nitrogen and oxygen atoms in total. The van der Waals surface area contributed by atoms with Gasteiger partial charge in [-0.05, 0) is 55.5 Å². The standard InChI is InChI=1S/C24H22N4O3/c1-17-8-12-19(13-9-17)28-22(16-30-2)23(26-27-28)24(29)25-18-10-14-21(15-11-18)31-20-6-4-3-5-7-20/h3-15H,16H2,1-2H3,(H,25,29). The molecule has 0 radical (unpaired) electrons. The Kier molecular flexibility index (Phi) is 6.05. The van der Waals surface area contributed by atoms with E-state index in [1.54, 1.807) is 36.1 Å². The molecule has 0 atom stereocenters. The molecule has 0 unspecified atom stereocenters. The van der Waals surface area contributed by atoms with Crippen molar-refractivity contribution in [2.75, 3.05) is 12.4 Å². The highest BCUT2D eigenvalue weighted by molar-refractivity contribution is 6.03. The van der Waals surface area contributed by atoms with Gasteiger partial charge in [-0.1, -0.05) is 41.1 Å². The predicted molar refractivity (Wildman–Crippen MR) is 118 cm³/mol. The number of anilines is 1. The minimum atomic E-state index is -0.359. The summed E-state index contributed by atoms with van der Waals surface area (Å²) < 4.78 is 12.7. The molecule has 0 saturated carbocycles. The van der Waals surface area contributed by atoms with Crippen LogP contribution in [-0.2, 0) is 11.3 Å². The second-order valence-corrected chi connectivity index (χ2v) is 6.96. The van der Waals surface area contributed by atoms with E-state index in [9.17, 15) is 4.79 Å². The number of aromatic nitrogens is 3. The van der Waals surface area contributed by atoms with Crippen molar-refractivity contribution in [1.29, 1.82) is 0 Å². The first-order chi connectivity index (χ1) is 15.1. The molecule has 1 N–H and O–H groups in total. The highest BCUT2D eigenvalue weighted by atomic mass is 16.5. The van der Waals surface area contributed by atoms with Crippen molar-refractivity contribution in [3.05, 3.63) is 95.8 Å². The third kappa shape index (κ3) is 4.79. The predicted octanol–water partition coefficient (Wildman–Crippen LogP) is 4.77. The van der Waals surface area contributed by atoms with Crippen molar-refractivity contribution in [3.63, 3.8) is 0 Å². The Morgan fingerprint density at radius 1 is 0.935 bits per heavy atom. The molecule has 0 aliphatic heterocycles. The van der Waals surface area contributed by atoms with Gasteiger partial charge in [-0.3, -0.25) is 4.79 Å². The maximum Gasteiger partial charge on any atom is 0.278 e. The lowest BCUT2D eigenvalue weighted by Crippen LogP contribution is -2.16. The van der Waals surface area contributed by atoms with Crippen molar-refractivity contribution in [2.45, 2.75) is 13.5 Å². The van der Waals surface area contributed by atoms with Crippen molar-refractivity contribution in [2.24, 2.45) is 0 Å². The largest absolute Gasteiger partial charge is 0.457 e. The number of benzene rings is 3. The molecular formula is C24H22N4O3. The van der Waals surface area contributed by atoms with Crippen molar-refractivity contribution >= 4 is 11.6 Å². The Morgan fingerprint density at radius 3 is 2.29 bits per heavy atom. The third-order valence-corrected chi connectivity index (χ3v) is 4.63. The number of hydrogen-bond donors (Lipinski definition) is 1. The number of nitrogens with zero attached hydrogens (tertiary/aromatic N) is 3. The molecule has 0 fully saturated rings. The minimum Gasteiger partial charge on any atom is -0.457 e. The second-order valence-electron chi connectivity index (χ2n) is 6.96.